The largest absolute Gasteiger partial charge is 0.396 e. The van der Waals surface area contributed by atoms with Crippen molar-refractivity contribution in [1.82, 2.24) is 0 Å². The van der Waals surface area contributed by atoms with Crippen molar-refractivity contribution >= 4 is 0 Å². The number of aliphatic hydroxyl groups excluding tert-OH is 2. The Hall–Kier alpha value is -0.420. The predicted octanol–water partition coefficient (Wildman–Crippen LogP) is 2.62. The lowest BCUT2D eigenvalue weighted by Crippen LogP contribution is -2.62. The molecular formula is C20H32O4. The van der Waals surface area contributed by atoms with Gasteiger partial charge in [-0.3, -0.25) is 0 Å². The summed E-state index contributed by atoms with van der Waals surface area (Å²) in [4.78, 5) is 0. The van der Waals surface area contributed by atoms with Gasteiger partial charge in [0.15, 0.2) is 5.79 Å². The molecule has 4 rings (SSSR count). The van der Waals surface area contributed by atoms with Crippen LogP contribution in [0.4, 0.5) is 0 Å². The minimum Gasteiger partial charge on any atom is -0.396 e. The van der Waals surface area contributed by atoms with E-state index in [0.717, 1.165) is 25.7 Å². The molecule has 7 atom stereocenters. The van der Waals surface area contributed by atoms with Crippen molar-refractivity contribution in [3.05, 3.63) is 11.1 Å². The average molecular weight is 336 g/mol. The molecule has 0 spiro atoms. The molecule has 0 aromatic heterocycles. The zero-order chi connectivity index (χ0) is 17.5. The average Bonchev–Trinajstić information content (AvgIpc) is 2.97. The van der Waals surface area contributed by atoms with Gasteiger partial charge in [-0.1, -0.05) is 38.8 Å². The summed E-state index contributed by atoms with van der Waals surface area (Å²) in [6.45, 7) is 8.89. The Bertz CT molecular complexity index is 584. The van der Waals surface area contributed by atoms with Gasteiger partial charge in [0.2, 0.25) is 0 Å². The Balaban J connectivity index is 1.85. The number of rotatable bonds is 2. The van der Waals surface area contributed by atoms with Crippen LogP contribution in [-0.4, -0.2) is 39.9 Å². The summed E-state index contributed by atoms with van der Waals surface area (Å²) in [5.41, 5.74) is 2.86. The van der Waals surface area contributed by atoms with E-state index in [1.807, 2.05) is 0 Å². The summed E-state index contributed by atoms with van der Waals surface area (Å²) in [6, 6.07) is 0. The van der Waals surface area contributed by atoms with Crippen LogP contribution in [-0.2, 0) is 4.74 Å². The second-order valence-electron chi connectivity index (χ2n) is 9.50. The van der Waals surface area contributed by atoms with Crippen LogP contribution in [0.25, 0.3) is 0 Å². The third kappa shape index (κ3) is 1.83. The number of hydrogen-bond donors (Lipinski definition) is 3. The Labute approximate surface area is 144 Å². The fourth-order valence-electron chi connectivity index (χ4n) is 6.43. The van der Waals surface area contributed by atoms with E-state index in [9.17, 15) is 15.3 Å². The normalized spacial score (nSPS) is 53.5. The van der Waals surface area contributed by atoms with Crippen LogP contribution in [0.5, 0.6) is 0 Å². The van der Waals surface area contributed by atoms with E-state index in [-0.39, 0.29) is 30.0 Å². The van der Waals surface area contributed by atoms with Crippen LogP contribution in [0, 0.1) is 28.6 Å². The SMILES string of the molecule is CC(C)C1=C2[C@H]3C[C@@H]4O[C@@](O)([C@H](O)[C@H]4CO)[C@]3(C)CC[C@@]2(C)CC1. The predicted molar refractivity (Wildman–Crippen MR) is 91.1 cm³/mol. The molecule has 4 heteroatoms. The van der Waals surface area contributed by atoms with Crippen molar-refractivity contribution in [3.8, 4) is 0 Å². The van der Waals surface area contributed by atoms with Gasteiger partial charge in [-0.05, 0) is 49.4 Å². The fourth-order valence-corrected chi connectivity index (χ4v) is 6.43. The van der Waals surface area contributed by atoms with Gasteiger partial charge in [-0.25, -0.2) is 0 Å². The number of allylic oxidation sites excluding steroid dienone is 2. The summed E-state index contributed by atoms with van der Waals surface area (Å²) in [5, 5.41) is 31.9. The first kappa shape index (κ1) is 17.0. The molecule has 136 valence electrons. The molecule has 2 bridgehead atoms. The van der Waals surface area contributed by atoms with Crippen LogP contribution >= 0.6 is 0 Å². The second kappa shape index (κ2) is 5.06. The van der Waals surface area contributed by atoms with Crippen LogP contribution in [0.2, 0.25) is 0 Å². The van der Waals surface area contributed by atoms with E-state index < -0.39 is 17.3 Å². The van der Waals surface area contributed by atoms with Crippen LogP contribution in [0.15, 0.2) is 11.1 Å². The third-order valence-electron chi connectivity index (χ3n) is 8.07. The second-order valence-corrected chi connectivity index (χ2v) is 9.50. The molecular weight excluding hydrogens is 304 g/mol. The highest BCUT2D eigenvalue weighted by molar-refractivity contribution is 5.37. The lowest BCUT2D eigenvalue weighted by Gasteiger charge is -2.58. The molecule has 3 fully saturated rings. The molecule has 1 saturated carbocycles. The van der Waals surface area contributed by atoms with E-state index in [4.69, 9.17) is 4.74 Å². The highest BCUT2D eigenvalue weighted by atomic mass is 16.7. The van der Waals surface area contributed by atoms with Gasteiger partial charge in [-0.2, -0.15) is 0 Å². The molecule has 24 heavy (non-hydrogen) atoms. The monoisotopic (exact) mass is 336 g/mol. The number of hydrogen-bond acceptors (Lipinski definition) is 4. The zero-order valence-electron chi connectivity index (χ0n) is 15.4. The molecule has 0 aromatic carbocycles. The van der Waals surface area contributed by atoms with Crippen molar-refractivity contribution in [2.75, 3.05) is 6.61 Å². The molecule has 0 aromatic rings. The van der Waals surface area contributed by atoms with E-state index in [2.05, 4.69) is 27.7 Å². The fraction of sp³-hybridized carbons (Fsp3) is 0.900. The van der Waals surface area contributed by atoms with Gasteiger partial charge < -0.3 is 20.1 Å². The van der Waals surface area contributed by atoms with Gasteiger partial charge in [-0.15, -0.1) is 0 Å². The molecule has 4 nitrogen and oxygen atoms in total. The number of ether oxygens (including phenoxy) is 1. The minimum absolute atomic E-state index is 0.135. The molecule has 2 heterocycles. The maximum Gasteiger partial charge on any atom is 0.198 e. The summed E-state index contributed by atoms with van der Waals surface area (Å²) in [6.07, 6.45) is 3.82. The van der Waals surface area contributed by atoms with Gasteiger partial charge in [0.1, 0.15) is 6.10 Å². The standard InChI is InChI=1S/C20H32O4/c1-11(2)12-5-6-18(3)7-8-19(4)14(16(12)18)9-15-13(10-21)17(22)20(19,23)24-15/h11,13-15,17,21-23H,5-10H2,1-4H3/t13-,14+,15-,17+,18+,19+,20-/m0/s1. The lowest BCUT2D eigenvalue weighted by atomic mass is 9.52. The minimum atomic E-state index is -1.53. The molecule has 4 aliphatic rings. The summed E-state index contributed by atoms with van der Waals surface area (Å²) in [5.74, 6) is -1.15. The van der Waals surface area contributed by atoms with Crippen LogP contribution in [0.3, 0.4) is 0 Å². The first-order valence-electron chi connectivity index (χ1n) is 9.60. The molecule has 3 N–H and O–H groups in total. The molecule has 2 aliphatic carbocycles. The van der Waals surface area contributed by atoms with Gasteiger partial charge in [0, 0.05) is 11.3 Å². The smallest absolute Gasteiger partial charge is 0.198 e. The molecule has 0 radical (unpaired) electrons. The van der Waals surface area contributed by atoms with Crippen molar-refractivity contribution in [2.45, 2.75) is 77.8 Å². The molecule has 2 saturated heterocycles. The Morgan fingerprint density at radius 3 is 2.54 bits per heavy atom. The summed E-state index contributed by atoms with van der Waals surface area (Å²) in [7, 11) is 0. The summed E-state index contributed by atoms with van der Waals surface area (Å²) < 4.78 is 5.97. The molecule has 2 aliphatic heterocycles. The van der Waals surface area contributed by atoms with E-state index in [0.29, 0.717) is 5.92 Å². The maximum absolute atomic E-state index is 11.4. The number of fused-ring (bicyclic) bond motifs is 6. The van der Waals surface area contributed by atoms with Crippen LogP contribution in [0.1, 0.15) is 59.8 Å². The first-order chi connectivity index (χ1) is 11.2. The van der Waals surface area contributed by atoms with Gasteiger partial charge in [0.25, 0.3) is 0 Å². The van der Waals surface area contributed by atoms with E-state index >= 15 is 0 Å². The van der Waals surface area contributed by atoms with Gasteiger partial charge >= 0.3 is 0 Å². The van der Waals surface area contributed by atoms with Crippen molar-refractivity contribution in [1.29, 1.82) is 0 Å². The zero-order valence-corrected chi connectivity index (χ0v) is 15.4. The van der Waals surface area contributed by atoms with Crippen molar-refractivity contribution in [2.24, 2.45) is 28.6 Å². The topological polar surface area (TPSA) is 69.9 Å². The third-order valence-corrected chi connectivity index (χ3v) is 8.07. The highest BCUT2D eigenvalue weighted by Crippen LogP contribution is 2.68. The first-order valence-corrected chi connectivity index (χ1v) is 9.60. The Morgan fingerprint density at radius 2 is 1.92 bits per heavy atom. The molecule has 0 unspecified atom stereocenters. The van der Waals surface area contributed by atoms with E-state index in [1.54, 1.807) is 11.1 Å². The van der Waals surface area contributed by atoms with Crippen molar-refractivity contribution in [3.63, 3.8) is 0 Å². The van der Waals surface area contributed by atoms with Crippen LogP contribution < -0.4 is 0 Å². The lowest BCUT2D eigenvalue weighted by molar-refractivity contribution is -0.328. The van der Waals surface area contributed by atoms with Crippen molar-refractivity contribution < 1.29 is 20.1 Å². The Morgan fingerprint density at radius 1 is 1.21 bits per heavy atom. The van der Waals surface area contributed by atoms with Gasteiger partial charge in [0.05, 0.1) is 12.7 Å². The van der Waals surface area contributed by atoms with E-state index in [1.165, 1.54) is 6.42 Å². The highest BCUT2D eigenvalue weighted by Gasteiger charge is 2.71. The summed E-state index contributed by atoms with van der Waals surface area (Å²) >= 11 is 0. The molecule has 0 amide bonds. The quantitative estimate of drug-likeness (QED) is 0.678. The Kier molecular flexibility index (Phi) is 3.59. The number of aliphatic hydroxyl groups is 3. The maximum atomic E-state index is 11.4.